The molecule has 29 heavy (non-hydrogen) atoms. The Hall–Kier alpha value is -3.66. The molecule has 0 saturated heterocycles. The number of amides is 1. The van der Waals surface area contributed by atoms with Crippen LogP contribution in [0.3, 0.4) is 0 Å². The van der Waals surface area contributed by atoms with E-state index < -0.39 is 5.97 Å². The van der Waals surface area contributed by atoms with Gasteiger partial charge in [0, 0.05) is 11.4 Å². The summed E-state index contributed by atoms with van der Waals surface area (Å²) in [5.41, 5.74) is 3.91. The molecule has 1 amide bonds. The van der Waals surface area contributed by atoms with Crippen LogP contribution in [0.5, 0.6) is 0 Å². The second-order valence-electron chi connectivity index (χ2n) is 7.05. The summed E-state index contributed by atoms with van der Waals surface area (Å²) in [5, 5.41) is 2.09. The first-order valence-electron chi connectivity index (χ1n) is 9.41. The third-order valence-corrected chi connectivity index (χ3v) is 5.20. The first-order valence-corrected chi connectivity index (χ1v) is 9.41. The number of methoxy groups -OCH3 is 1. The molecule has 0 aliphatic carbocycles. The summed E-state index contributed by atoms with van der Waals surface area (Å²) < 4.78 is 5.00. The molecule has 0 spiro atoms. The molecule has 0 fully saturated rings. The Morgan fingerprint density at radius 2 is 1.62 bits per heavy atom. The summed E-state index contributed by atoms with van der Waals surface area (Å²) in [7, 11) is 1.33. The van der Waals surface area contributed by atoms with Gasteiger partial charge in [-0.3, -0.25) is 9.69 Å². The van der Waals surface area contributed by atoms with E-state index in [0.29, 0.717) is 16.8 Å². The largest absolute Gasteiger partial charge is 0.465 e. The van der Waals surface area contributed by atoms with E-state index in [1.54, 1.807) is 17.9 Å². The van der Waals surface area contributed by atoms with E-state index in [4.69, 9.17) is 4.74 Å². The summed E-state index contributed by atoms with van der Waals surface area (Å²) in [6.45, 7) is 3.76. The number of aryl methyl sites for hydroxylation is 1. The average Bonchev–Trinajstić information content (AvgIpc) is 2.98. The Kier molecular flexibility index (Phi) is 4.77. The van der Waals surface area contributed by atoms with Gasteiger partial charge in [0.1, 0.15) is 0 Å². The van der Waals surface area contributed by atoms with Crippen molar-refractivity contribution in [3.8, 4) is 0 Å². The lowest BCUT2D eigenvalue weighted by Crippen LogP contribution is -2.24. The molecule has 0 radical (unpaired) electrons. The number of fused-ring (bicyclic) bond motifs is 1. The quantitative estimate of drug-likeness (QED) is 0.471. The first-order chi connectivity index (χ1) is 14.0. The van der Waals surface area contributed by atoms with Gasteiger partial charge in [-0.25, -0.2) is 4.79 Å². The van der Waals surface area contributed by atoms with Crippen LogP contribution in [0.15, 0.2) is 83.6 Å². The molecule has 0 saturated carbocycles. The van der Waals surface area contributed by atoms with Gasteiger partial charge in [-0.05, 0) is 48.4 Å². The van der Waals surface area contributed by atoms with Crippen LogP contribution in [0.2, 0.25) is 0 Å². The van der Waals surface area contributed by atoms with E-state index in [1.165, 1.54) is 7.11 Å². The molecule has 0 atom stereocenters. The van der Waals surface area contributed by atoms with Crippen molar-refractivity contribution >= 4 is 34.4 Å². The minimum Gasteiger partial charge on any atom is -0.465 e. The van der Waals surface area contributed by atoms with E-state index in [-0.39, 0.29) is 5.91 Å². The zero-order valence-corrected chi connectivity index (χ0v) is 16.6. The number of hydrogen-bond donors (Lipinski definition) is 0. The first kappa shape index (κ1) is 18.7. The van der Waals surface area contributed by atoms with Crippen LogP contribution in [-0.2, 0) is 14.3 Å². The molecule has 1 aliphatic heterocycles. The van der Waals surface area contributed by atoms with Crippen molar-refractivity contribution in [3.63, 3.8) is 0 Å². The highest BCUT2D eigenvalue weighted by atomic mass is 16.5. The number of anilines is 1. The smallest absolute Gasteiger partial charge is 0.340 e. The highest BCUT2D eigenvalue weighted by molar-refractivity contribution is 6.24. The number of hydrogen-bond acceptors (Lipinski definition) is 3. The maximum atomic E-state index is 13.4. The highest BCUT2D eigenvalue weighted by Crippen LogP contribution is 2.36. The van der Waals surface area contributed by atoms with Gasteiger partial charge in [0.15, 0.2) is 0 Å². The second kappa shape index (κ2) is 7.40. The van der Waals surface area contributed by atoms with Gasteiger partial charge in [0.25, 0.3) is 5.91 Å². The van der Waals surface area contributed by atoms with Gasteiger partial charge in [0.05, 0.1) is 18.3 Å². The van der Waals surface area contributed by atoms with Crippen molar-refractivity contribution in [3.05, 3.63) is 94.7 Å². The van der Waals surface area contributed by atoms with Crippen molar-refractivity contribution in [2.24, 2.45) is 0 Å². The minimum atomic E-state index is -0.517. The van der Waals surface area contributed by atoms with E-state index in [2.05, 4.69) is 0 Å². The van der Waals surface area contributed by atoms with E-state index >= 15 is 0 Å². The van der Waals surface area contributed by atoms with Crippen LogP contribution >= 0.6 is 0 Å². The van der Waals surface area contributed by atoms with Crippen LogP contribution < -0.4 is 4.90 Å². The number of benzene rings is 3. The Bertz CT molecular complexity index is 1180. The summed E-state index contributed by atoms with van der Waals surface area (Å²) in [4.78, 5) is 27.5. The van der Waals surface area contributed by atoms with E-state index in [1.807, 2.05) is 73.7 Å². The standard InChI is InChI=1S/C25H21NO3/c1-16-11-13-20(14-12-16)26-17(2)23(25(28)29-3)22(24(26)27)15-19-9-6-8-18-7-4-5-10-21(18)19/h4-15H,1-3H3/b22-15-. The lowest BCUT2D eigenvalue weighted by Gasteiger charge is -2.18. The zero-order valence-electron chi connectivity index (χ0n) is 16.6. The molecule has 3 aromatic rings. The molecule has 1 aliphatic rings. The Labute approximate surface area is 169 Å². The Morgan fingerprint density at radius 1 is 0.931 bits per heavy atom. The van der Waals surface area contributed by atoms with Crippen LogP contribution in [0.1, 0.15) is 18.1 Å². The fourth-order valence-electron chi connectivity index (χ4n) is 3.72. The molecule has 0 bridgehead atoms. The molecule has 144 valence electrons. The zero-order chi connectivity index (χ0) is 20.5. The third-order valence-electron chi connectivity index (χ3n) is 5.20. The molecule has 0 aromatic heterocycles. The number of carbonyl (C=O) groups is 2. The van der Waals surface area contributed by atoms with Crippen LogP contribution in [0.4, 0.5) is 5.69 Å². The molecule has 4 rings (SSSR count). The number of rotatable bonds is 3. The third kappa shape index (κ3) is 3.23. The van der Waals surface area contributed by atoms with Crippen LogP contribution in [-0.4, -0.2) is 19.0 Å². The molecule has 3 aromatic carbocycles. The van der Waals surface area contributed by atoms with Gasteiger partial charge >= 0.3 is 5.97 Å². The van der Waals surface area contributed by atoms with Gasteiger partial charge in [-0.2, -0.15) is 0 Å². The topological polar surface area (TPSA) is 46.6 Å². The Morgan fingerprint density at radius 3 is 2.34 bits per heavy atom. The number of nitrogens with zero attached hydrogens (tertiary/aromatic N) is 1. The number of carbonyl (C=O) groups excluding carboxylic acids is 2. The van der Waals surface area contributed by atoms with Crippen molar-refractivity contribution in [2.45, 2.75) is 13.8 Å². The van der Waals surface area contributed by atoms with E-state index in [9.17, 15) is 9.59 Å². The lowest BCUT2D eigenvalue weighted by atomic mass is 9.99. The fraction of sp³-hybridized carbons (Fsp3) is 0.120. The van der Waals surface area contributed by atoms with Crippen LogP contribution in [0.25, 0.3) is 16.8 Å². The molecular weight excluding hydrogens is 362 g/mol. The van der Waals surface area contributed by atoms with Crippen molar-refractivity contribution in [1.29, 1.82) is 0 Å². The predicted octanol–water partition coefficient (Wildman–Crippen LogP) is 5.03. The fourth-order valence-corrected chi connectivity index (χ4v) is 3.72. The second-order valence-corrected chi connectivity index (χ2v) is 7.05. The molecule has 1 heterocycles. The van der Waals surface area contributed by atoms with Gasteiger partial charge in [0.2, 0.25) is 0 Å². The van der Waals surface area contributed by atoms with Crippen molar-refractivity contribution in [1.82, 2.24) is 0 Å². The normalized spacial score (nSPS) is 15.5. The van der Waals surface area contributed by atoms with Gasteiger partial charge in [-0.15, -0.1) is 0 Å². The summed E-state index contributed by atoms with van der Waals surface area (Å²) in [6.07, 6.45) is 1.79. The van der Waals surface area contributed by atoms with Crippen molar-refractivity contribution < 1.29 is 14.3 Å². The van der Waals surface area contributed by atoms with E-state index in [0.717, 1.165) is 27.6 Å². The monoisotopic (exact) mass is 383 g/mol. The maximum absolute atomic E-state index is 13.4. The van der Waals surface area contributed by atoms with Crippen molar-refractivity contribution in [2.75, 3.05) is 12.0 Å². The molecule has 0 N–H and O–H groups in total. The SMILES string of the molecule is COC(=O)C1=C(C)N(c2ccc(C)cc2)C(=O)/C1=C\c1cccc2ccccc12. The number of ether oxygens (including phenoxy) is 1. The summed E-state index contributed by atoms with van der Waals surface area (Å²) >= 11 is 0. The van der Waals surface area contributed by atoms with Gasteiger partial charge < -0.3 is 4.74 Å². The maximum Gasteiger partial charge on any atom is 0.340 e. The number of esters is 1. The highest BCUT2D eigenvalue weighted by Gasteiger charge is 2.37. The molecule has 0 unspecified atom stereocenters. The molecule has 4 heteroatoms. The Balaban J connectivity index is 1.89. The van der Waals surface area contributed by atoms with Gasteiger partial charge in [-0.1, -0.05) is 60.2 Å². The summed E-state index contributed by atoms with van der Waals surface area (Å²) in [5.74, 6) is -0.753. The lowest BCUT2D eigenvalue weighted by molar-refractivity contribution is -0.136. The summed E-state index contributed by atoms with van der Waals surface area (Å²) in [6, 6.07) is 21.5. The average molecular weight is 383 g/mol. The van der Waals surface area contributed by atoms with Crippen LogP contribution in [0, 0.1) is 6.92 Å². The minimum absolute atomic E-state index is 0.236. The predicted molar refractivity (Wildman–Crippen MR) is 115 cm³/mol. The molecular formula is C25H21NO3. The molecule has 4 nitrogen and oxygen atoms in total. The number of allylic oxidation sites excluding steroid dienone is 1.